The van der Waals surface area contributed by atoms with Crippen LogP contribution in [0.25, 0.3) is 0 Å². The third-order valence-corrected chi connectivity index (χ3v) is 3.19. The van der Waals surface area contributed by atoms with Crippen molar-refractivity contribution < 1.29 is 8.78 Å². The van der Waals surface area contributed by atoms with E-state index in [4.69, 9.17) is 35.4 Å². The Morgan fingerprint density at radius 3 is 1.65 bits per heavy atom. The molecule has 2 nitrogen and oxygen atoms in total. The molecule has 7 heteroatoms. The highest BCUT2D eigenvalue weighted by Gasteiger charge is 2.10. The summed E-state index contributed by atoms with van der Waals surface area (Å²) < 4.78 is 27.3. The van der Waals surface area contributed by atoms with E-state index in [-0.39, 0.29) is 26.5 Å². The van der Waals surface area contributed by atoms with Gasteiger partial charge in [0.15, 0.2) is 16.7 Å². The van der Waals surface area contributed by atoms with Gasteiger partial charge in [-0.05, 0) is 36.5 Å². The van der Waals surface area contributed by atoms with Crippen molar-refractivity contribution in [3.63, 3.8) is 0 Å². The lowest BCUT2D eigenvalue weighted by atomic mass is 10.3. The van der Waals surface area contributed by atoms with E-state index in [2.05, 4.69) is 10.6 Å². The Labute approximate surface area is 129 Å². The Balaban J connectivity index is 2.13. The topological polar surface area (TPSA) is 24.1 Å². The smallest absolute Gasteiger partial charge is 0.175 e. The van der Waals surface area contributed by atoms with Gasteiger partial charge >= 0.3 is 0 Å². The van der Waals surface area contributed by atoms with E-state index < -0.39 is 11.6 Å². The maximum atomic E-state index is 13.7. The second kappa shape index (κ2) is 6.35. The maximum absolute atomic E-state index is 13.7. The molecule has 0 amide bonds. The maximum Gasteiger partial charge on any atom is 0.175 e. The van der Waals surface area contributed by atoms with E-state index >= 15 is 0 Å². The van der Waals surface area contributed by atoms with Gasteiger partial charge in [-0.15, -0.1) is 0 Å². The molecule has 20 heavy (non-hydrogen) atoms. The van der Waals surface area contributed by atoms with E-state index in [0.29, 0.717) is 0 Å². The molecule has 0 aromatic heterocycles. The highest BCUT2D eigenvalue weighted by atomic mass is 35.5. The van der Waals surface area contributed by atoms with Crippen molar-refractivity contribution in [1.82, 2.24) is 0 Å². The summed E-state index contributed by atoms with van der Waals surface area (Å²) in [6.07, 6.45) is 0. The minimum absolute atomic E-state index is 0.0207. The van der Waals surface area contributed by atoms with Gasteiger partial charge in [0, 0.05) is 0 Å². The highest BCUT2D eigenvalue weighted by Crippen LogP contribution is 2.24. The SMILES string of the molecule is Fc1c(Cl)cccc1NC(=S)Nc1cccc(Cl)c1F. The zero-order valence-corrected chi connectivity index (χ0v) is 12.2. The number of hydrogen-bond acceptors (Lipinski definition) is 1. The number of rotatable bonds is 2. The average Bonchev–Trinajstić information content (AvgIpc) is 2.40. The Kier molecular flexibility index (Phi) is 4.75. The minimum Gasteiger partial charge on any atom is -0.330 e. The Bertz CT molecular complexity index is 609. The fraction of sp³-hybridized carbons (Fsp3) is 0. The molecule has 0 fully saturated rings. The summed E-state index contributed by atoms with van der Waals surface area (Å²) >= 11 is 16.3. The third kappa shape index (κ3) is 3.36. The molecule has 0 heterocycles. The number of nitrogens with one attached hydrogen (secondary N) is 2. The zero-order chi connectivity index (χ0) is 14.7. The predicted molar refractivity (Wildman–Crippen MR) is 82.7 cm³/mol. The van der Waals surface area contributed by atoms with Crippen molar-refractivity contribution in [3.05, 3.63) is 58.1 Å². The van der Waals surface area contributed by atoms with Crippen molar-refractivity contribution in [2.75, 3.05) is 10.6 Å². The van der Waals surface area contributed by atoms with Gasteiger partial charge in [-0.3, -0.25) is 0 Å². The summed E-state index contributed by atoms with van der Waals surface area (Å²) in [6.45, 7) is 0. The molecule has 0 unspecified atom stereocenters. The molecule has 2 N–H and O–H groups in total. The Morgan fingerprint density at radius 1 is 0.850 bits per heavy atom. The molecule has 2 aromatic carbocycles. The molecular formula is C13H8Cl2F2N2S. The van der Waals surface area contributed by atoms with Crippen LogP contribution >= 0.6 is 35.4 Å². The van der Waals surface area contributed by atoms with Crippen LogP contribution in [0.15, 0.2) is 36.4 Å². The third-order valence-electron chi connectivity index (χ3n) is 2.40. The minimum atomic E-state index is -0.634. The fourth-order valence-corrected chi connectivity index (χ4v) is 2.05. The van der Waals surface area contributed by atoms with Crippen molar-refractivity contribution in [3.8, 4) is 0 Å². The van der Waals surface area contributed by atoms with Crippen LogP contribution in [0.4, 0.5) is 20.2 Å². The number of hydrogen-bond donors (Lipinski definition) is 2. The lowest BCUT2D eigenvalue weighted by molar-refractivity contribution is 0.632. The normalized spacial score (nSPS) is 10.2. The summed E-state index contributed by atoms with van der Waals surface area (Å²) in [5, 5.41) is 5.14. The van der Waals surface area contributed by atoms with Gasteiger partial charge in [0.2, 0.25) is 0 Å². The number of halogens is 4. The van der Waals surface area contributed by atoms with Crippen LogP contribution in [0.5, 0.6) is 0 Å². The van der Waals surface area contributed by atoms with E-state index in [1.165, 1.54) is 24.3 Å². The molecule has 104 valence electrons. The molecule has 0 aliphatic carbocycles. The second-order valence-corrected chi connectivity index (χ2v) is 5.00. The van der Waals surface area contributed by atoms with Crippen LogP contribution in [0, 0.1) is 11.6 Å². The molecule has 0 saturated carbocycles. The first kappa shape index (κ1) is 15.0. The molecule has 2 rings (SSSR count). The van der Waals surface area contributed by atoms with Gasteiger partial charge in [-0.2, -0.15) is 0 Å². The van der Waals surface area contributed by atoms with Crippen LogP contribution in [-0.4, -0.2) is 5.11 Å². The quantitative estimate of drug-likeness (QED) is 0.750. The summed E-state index contributed by atoms with van der Waals surface area (Å²) in [5.41, 5.74) is 0.190. The average molecular weight is 333 g/mol. The van der Waals surface area contributed by atoms with Gasteiger partial charge in [-0.1, -0.05) is 35.3 Å². The fourth-order valence-electron chi connectivity index (χ4n) is 1.48. The van der Waals surface area contributed by atoms with Crippen LogP contribution in [0.2, 0.25) is 10.0 Å². The van der Waals surface area contributed by atoms with E-state index in [9.17, 15) is 8.78 Å². The summed E-state index contributed by atoms with van der Waals surface area (Å²) in [4.78, 5) is 0. The van der Waals surface area contributed by atoms with Gasteiger partial charge in [0.05, 0.1) is 21.4 Å². The lowest BCUT2D eigenvalue weighted by Crippen LogP contribution is -2.20. The number of anilines is 2. The van der Waals surface area contributed by atoms with E-state index in [0.717, 1.165) is 0 Å². The second-order valence-electron chi connectivity index (χ2n) is 3.78. The monoisotopic (exact) mass is 332 g/mol. The molecule has 0 atom stereocenters. The zero-order valence-electron chi connectivity index (χ0n) is 9.88. The highest BCUT2D eigenvalue weighted by molar-refractivity contribution is 7.80. The molecule has 0 radical (unpaired) electrons. The van der Waals surface area contributed by atoms with Gasteiger partial charge < -0.3 is 10.6 Å². The first-order valence-electron chi connectivity index (χ1n) is 5.45. The van der Waals surface area contributed by atoms with Gasteiger partial charge in [0.1, 0.15) is 0 Å². The lowest BCUT2D eigenvalue weighted by Gasteiger charge is -2.12. The van der Waals surface area contributed by atoms with E-state index in [1.807, 2.05) is 0 Å². The Hall–Kier alpha value is -1.43. The van der Waals surface area contributed by atoms with Crippen molar-refractivity contribution in [2.45, 2.75) is 0 Å². The number of benzene rings is 2. The van der Waals surface area contributed by atoms with E-state index in [1.54, 1.807) is 12.1 Å². The van der Waals surface area contributed by atoms with Crippen LogP contribution in [-0.2, 0) is 0 Å². The molecule has 0 saturated heterocycles. The van der Waals surface area contributed by atoms with Crippen molar-refractivity contribution in [1.29, 1.82) is 0 Å². The number of thiocarbonyl (C=S) groups is 1. The summed E-state index contributed by atoms with van der Waals surface area (Å²) in [5.74, 6) is -1.27. The first-order valence-corrected chi connectivity index (χ1v) is 6.61. The first-order chi connectivity index (χ1) is 9.49. The van der Waals surface area contributed by atoms with Gasteiger partial charge in [0.25, 0.3) is 0 Å². The molecule has 0 bridgehead atoms. The molecular weight excluding hydrogens is 325 g/mol. The van der Waals surface area contributed by atoms with Crippen LogP contribution in [0.1, 0.15) is 0 Å². The standard InChI is InChI=1S/C13H8Cl2F2N2S/c14-7-3-1-5-9(11(7)16)18-13(20)19-10-6-2-4-8(15)12(10)17/h1-6H,(H2,18,19,20). The van der Waals surface area contributed by atoms with Crippen LogP contribution < -0.4 is 10.6 Å². The largest absolute Gasteiger partial charge is 0.330 e. The summed E-state index contributed by atoms with van der Waals surface area (Å²) in [7, 11) is 0. The molecule has 0 spiro atoms. The van der Waals surface area contributed by atoms with Gasteiger partial charge in [-0.25, -0.2) is 8.78 Å². The summed E-state index contributed by atoms with van der Waals surface area (Å²) in [6, 6.07) is 8.88. The Morgan fingerprint density at radius 2 is 1.25 bits per heavy atom. The molecule has 0 aliphatic rings. The van der Waals surface area contributed by atoms with Crippen molar-refractivity contribution in [2.24, 2.45) is 0 Å². The van der Waals surface area contributed by atoms with Crippen molar-refractivity contribution >= 4 is 51.9 Å². The molecule has 0 aliphatic heterocycles. The predicted octanol–water partition coefficient (Wildman–Crippen LogP) is 5.08. The van der Waals surface area contributed by atoms with Crippen LogP contribution in [0.3, 0.4) is 0 Å². The molecule has 2 aromatic rings.